The summed E-state index contributed by atoms with van der Waals surface area (Å²) in [6.45, 7) is 4.35. The minimum absolute atomic E-state index is 0.0810. The van der Waals surface area contributed by atoms with Crippen LogP contribution in [0.4, 0.5) is 5.69 Å². The van der Waals surface area contributed by atoms with Gasteiger partial charge in [-0.2, -0.15) is 0 Å². The maximum absolute atomic E-state index is 13.1. The van der Waals surface area contributed by atoms with Gasteiger partial charge in [0.05, 0.1) is 24.5 Å². The van der Waals surface area contributed by atoms with Crippen LogP contribution < -0.4 is 9.64 Å². The SMILES string of the molecule is COc1cnc2[nH]ccc2c1N1CCN(C(=O)/C=C/c2ccccc2C)C2(CC2)C1. The van der Waals surface area contributed by atoms with Crippen molar-refractivity contribution in [2.75, 3.05) is 31.6 Å². The lowest BCUT2D eigenvalue weighted by molar-refractivity contribution is -0.129. The number of anilines is 1. The average Bonchev–Trinajstić information content (AvgIpc) is 3.34. The Morgan fingerprint density at radius 2 is 2.07 bits per heavy atom. The molecule has 1 spiro atoms. The third kappa shape index (κ3) is 3.12. The third-order valence-electron chi connectivity index (χ3n) is 6.40. The fraction of sp³-hybridized carbons (Fsp3) is 0.333. The van der Waals surface area contributed by atoms with Gasteiger partial charge in [-0.05, 0) is 43.0 Å². The number of carbonyl (C=O) groups excluding carboxylic acids is 1. The van der Waals surface area contributed by atoms with Crippen molar-refractivity contribution in [2.45, 2.75) is 25.3 Å². The van der Waals surface area contributed by atoms with E-state index in [4.69, 9.17) is 4.74 Å². The summed E-state index contributed by atoms with van der Waals surface area (Å²) >= 11 is 0. The van der Waals surface area contributed by atoms with Gasteiger partial charge in [-0.15, -0.1) is 0 Å². The standard InChI is InChI=1S/C24H26N4O2/c1-17-5-3-4-6-18(17)7-8-21(29)28-14-13-27(16-24(28)10-11-24)22-19-9-12-25-23(19)26-15-20(22)30-2/h3-9,12,15H,10-11,13-14,16H2,1-2H3,(H,25,26)/b8-7+. The molecule has 1 aliphatic heterocycles. The molecule has 6 nitrogen and oxygen atoms in total. The molecular formula is C24H26N4O2. The largest absolute Gasteiger partial charge is 0.493 e. The number of ether oxygens (including phenoxy) is 1. The molecule has 1 aromatic carbocycles. The molecule has 0 atom stereocenters. The van der Waals surface area contributed by atoms with E-state index in [1.807, 2.05) is 36.5 Å². The van der Waals surface area contributed by atoms with E-state index in [-0.39, 0.29) is 11.4 Å². The summed E-state index contributed by atoms with van der Waals surface area (Å²) in [5, 5.41) is 1.06. The predicted molar refractivity (Wildman–Crippen MR) is 119 cm³/mol. The molecule has 2 fully saturated rings. The fourth-order valence-electron chi connectivity index (χ4n) is 4.56. The van der Waals surface area contributed by atoms with Crippen LogP contribution in [0.1, 0.15) is 24.0 Å². The molecule has 1 saturated heterocycles. The second-order valence-electron chi connectivity index (χ2n) is 8.24. The van der Waals surface area contributed by atoms with Gasteiger partial charge in [-0.1, -0.05) is 24.3 Å². The Labute approximate surface area is 176 Å². The number of nitrogens with zero attached hydrogens (tertiary/aromatic N) is 3. The summed E-state index contributed by atoms with van der Waals surface area (Å²) in [5.74, 6) is 0.876. The maximum Gasteiger partial charge on any atom is 0.247 e. The second kappa shape index (κ2) is 7.20. The van der Waals surface area contributed by atoms with Gasteiger partial charge in [-0.3, -0.25) is 4.79 Å². The van der Waals surface area contributed by atoms with Crippen molar-refractivity contribution in [3.63, 3.8) is 0 Å². The van der Waals surface area contributed by atoms with E-state index in [9.17, 15) is 4.79 Å². The van der Waals surface area contributed by atoms with Gasteiger partial charge in [0.2, 0.25) is 5.91 Å². The first-order valence-electron chi connectivity index (χ1n) is 10.4. The number of amides is 1. The lowest BCUT2D eigenvalue weighted by Gasteiger charge is -2.43. The number of hydrogen-bond donors (Lipinski definition) is 1. The highest BCUT2D eigenvalue weighted by Crippen LogP contribution is 2.47. The molecule has 1 amide bonds. The van der Waals surface area contributed by atoms with E-state index in [2.05, 4.69) is 32.8 Å². The molecule has 1 aliphatic carbocycles. The number of pyridine rings is 1. The highest BCUT2D eigenvalue weighted by atomic mass is 16.5. The molecule has 6 heteroatoms. The van der Waals surface area contributed by atoms with Crippen LogP contribution in [0.2, 0.25) is 0 Å². The molecule has 3 heterocycles. The Morgan fingerprint density at radius 3 is 2.83 bits per heavy atom. The number of aromatic nitrogens is 2. The zero-order valence-corrected chi connectivity index (χ0v) is 17.4. The Balaban J connectivity index is 1.38. The number of H-pyrrole nitrogens is 1. The highest BCUT2D eigenvalue weighted by Gasteiger charge is 2.53. The molecule has 30 heavy (non-hydrogen) atoms. The van der Waals surface area contributed by atoms with Crippen LogP contribution in [0, 0.1) is 6.92 Å². The number of aryl methyl sites for hydroxylation is 1. The normalized spacial score (nSPS) is 17.8. The molecular weight excluding hydrogens is 376 g/mol. The van der Waals surface area contributed by atoms with Gasteiger partial charge >= 0.3 is 0 Å². The number of fused-ring (bicyclic) bond motifs is 1. The summed E-state index contributed by atoms with van der Waals surface area (Å²) < 4.78 is 5.63. The zero-order valence-electron chi connectivity index (χ0n) is 17.4. The van der Waals surface area contributed by atoms with Crippen LogP contribution in [0.25, 0.3) is 17.1 Å². The molecule has 0 unspecified atom stereocenters. The Bertz CT molecular complexity index is 1130. The van der Waals surface area contributed by atoms with E-state index < -0.39 is 0 Å². The van der Waals surface area contributed by atoms with E-state index in [1.165, 1.54) is 5.56 Å². The number of nitrogens with one attached hydrogen (secondary N) is 1. The summed E-state index contributed by atoms with van der Waals surface area (Å²) in [6, 6.07) is 10.2. The van der Waals surface area contributed by atoms with Crippen molar-refractivity contribution < 1.29 is 9.53 Å². The minimum Gasteiger partial charge on any atom is -0.493 e. The lowest BCUT2D eigenvalue weighted by atomic mass is 10.1. The van der Waals surface area contributed by atoms with Crippen LogP contribution >= 0.6 is 0 Å². The first-order valence-corrected chi connectivity index (χ1v) is 10.4. The average molecular weight is 402 g/mol. The van der Waals surface area contributed by atoms with Crippen LogP contribution in [-0.2, 0) is 4.79 Å². The van der Waals surface area contributed by atoms with E-state index in [1.54, 1.807) is 19.4 Å². The van der Waals surface area contributed by atoms with Gasteiger partial charge in [0, 0.05) is 37.3 Å². The number of rotatable bonds is 4. The van der Waals surface area contributed by atoms with E-state index >= 15 is 0 Å². The summed E-state index contributed by atoms with van der Waals surface area (Å²) in [7, 11) is 1.68. The summed E-state index contributed by atoms with van der Waals surface area (Å²) in [6.07, 6.45) is 9.43. The third-order valence-corrected chi connectivity index (χ3v) is 6.40. The molecule has 2 aliphatic rings. The van der Waals surface area contributed by atoms with Crippen LogP contribution in [0.15, 0.2) is 48.8 Å². The van der Waals surface area contributed by atoms with Crippen LogP contribution in [0.5, 0.6) is 5.75 Å². The van der Waals surface area contributed by atoms with Crippen molar-refractivity contribution in [3.05, 3.63) is 59.9 Å². The summed E-state index contributed by atoms with van der Waals surface area (Å²) in [4.78, 5) is 25.1. The van der Waals surface area contributed by atoms with Crippen molar-refractivity contribution in [3.8, 4) is 5.75 Å². The number of aromatic amines is 1. The summed E-state index contributed by atoms with van der Waals surface area (Å²) in [5.41, 5.74) is 4.11. The first-order chi connectivity index (χ1) is 14.6. The topological polar surface area (TPSA) is 61.5 Å². The van der Waals surface area contributed by atoms with Crippen LogP contribution in [-0.4, -0.2) is 53.1 Å². The fourth-order valence-corrected chi connectivity index (χ4v) is 4.56. The molecule has 0 radical (unpaired) electrons. The van der Waals surface area contributed by atoms with Crippen molar-refractivity contribution in [1.82, 2.24) is 14.9 Å². The van der Waals surface area contributed by atoms with E-state index in [0.717, 1.165) is 54.0 Å². The molecule has 5 rings (SSSR count). The van der Waals surface area contributed by atoms with Gasteiger partial charge in [0.15, 0.2) is 5.75 Å². The Morgan fingerprint density at radius 1 is 1.23 bits per heavy atom. The van der Waals surface area contributed by atoms with Gasteiger partial charge in [-0.25, -0.2) is 4.98 Å². The predicted octanol–water partition coefficient (Wildman–Crippen LogP) is 3.77. The maximum atomic E-state index is 13.1. The number of methoxy groups -OCH3 is 1. The monoisotopic (exact) mass is 402 g/mol. The second-order valence-corrected chi connectivity index (χ2v) is 8.24. The van der Waals surface area contributed by atoms with Gasteiger partial charge in [0.25, 0.3) is 0 Å². The smallest absolute Gasteiger partial charge is 0.247 e. The molecule has 1 saturated carbocycles. The Hall–Kier alpha value is -3.28. The minimum atomic E-state index is -0.0810. The molecule has 3 aromatic rings. The van der Waals surface area contributed by atoms with Crippen molar-refractivity contribution >= 4 is 28.7 Å². The quantitative estimate of drug-likeness (QED) is 0.675. The highest BCUT2D eigenvalue weighted by molar-refractivity contribution is 5.95. The van der Waals surface area contributed by atoms with Gasteiger partial charge < -0.3 is 19.5 Å². The molecule has 154 valence electrons. The van der Waals surface area contributed by atoms with Crippen molar-refractivity contribution in [1.29, 1.82) is 0 Å². The molecule has 1 N–H and O–H groups in total. The van der Waals surface area contributed by atoms with Crippen molar-refractivity contribution in [2.24, 2.45) is 0 Å². The number of carbonyl (C=O) groups is 1. The molecule has 0 bridgehead atoms. The van der Waals surface area contributed by atoms with Gasteiger partial charge in [0.1, 0.15) is 5.65 Å². The number of hydrogen-bond acceptors (Lipinski definition) is 4. The Kier molecular flexibility index (Phi) is 4.50. The van der Waals surface area contributed by atoms with E-state index in [0.29, 0.717) is 6.54 Å². The lowest BCUT2D eigenvalue weighted by Crippen LogP contribution is -2.56. The zero-order chi connectivity index (χ0) is 20.7. The first kappa shape index (κ1) is 18.7. The molecule has 2 aromatic heterocycles. The number of benzene rings is 1. The van der Waals surface area contributed by atoms with Crippen LogP contribution in [0.3, 0.4) is 0 Å². The number of piperazine rings is 1.